The monoisotopic (exact) mass is 290 g/mol. The van der Waals surface area contributed by atoms with Gasteiger partial charge in [0.05, 0.1) is 0 Å². The van der Waals surface area contributed by atoms with Gasteiger partial charge in [-0.25, -0.2) is 9.59 Å². The van der Waals surface area contributed by atoms with Gasteiger partial charge in [0.25, 0.3) is 0 Å². The van der Waals surface area contributed by atoms with Crippen LogP contribution in [-0.4, -0.2) is 31.7 Å². The maximum absolute atomic E-state index is 11.8. The minimum absolute atomic E-state index is 0.103. The van der Waals surface area contributed by atoms with Crippen molar-refractivity contribution in [2.45, 2.75) is 20.3 Å². The van der Waals surface area contributed by atoms with Crippen LogP contribution in [0.2, 0.25) is 0 Å². The average molecular weight is 290 g/mol. The number of amides is 4. The van der Waals surface area contributed by atoms with Crippen LogP contribution in [0.25, 0.3) is 0 Å². The molecule has 4 amide bonds. The van der Waals surface area contributed by atoms with E-state index in [1.807, 2.05) is 12.1 Å². The van der Waals surface area contributed by atoms with E-state index >= 15 is 0 Å². The first-order chi connectivity index (χ1) is 10.1. The first kappa shape index (κ1) is 15.2. The average Bonchev–Trinajstić information content (AvgIpc) is 2.85. The van der Waals surface area contributed by atoms with Gasteiger partial charge in [0.1, 0.15) is 0 Å². The van der Waals surface area contributed by atoms with Crippen molar-refractivity contribution in [2.75, 3.05) is 29.9 Å². The maximum atomic E-state index is 11.8. The summed E-state index contributed by atoms with van der Waals surface area (Å²) in [6.45, 7) is 6.17. The second-order valence-corrected chi connectivity index (χ2v) is 5.50. The number of benzene rings is 1. The molecule has 1 heterocycles. The summed E-state index contributed by atoms with van der Waals surface area (Å²) >= 11 is 0. The number of urea groups is 2. The van der Waals surface area contributed by atoms with Crippen LogP contribution in [0.4, 0.5) is 21.0 Å². The summed E-state index contributed by atoms with van der Waals surface area (Å²) in [5.74, 6) is 0.558. The summed E-state index contributed by atoms with van der Waals surface area (Å²) in [5.41, 5.74) is 1.46. The van der Waals surface area contributed by atoms with E-state index in [4.69, 9.17) is 0 Å². The van der Waals surface area contributed by atoms with Crippen molar-refractivity contribution >= 4 is 23.4 Å². The van der Waals surface area contributed by atoms with Gasteiger partial charge in [-0.15, -0.1) is 0 Å². The molecular formula is C15H22N4O2. The molecule has 0 saturated carbocycles. The lowest BCUT2D eigenvalue weighted by molar-refractivity contribution is 0.251. The molecule has 0 aliphatic carbocycles. The van der Waals surface area contributed by atoms with Crippen LogP contribution in [0, 0.1) is 5.92 Å². The van der Waals surface area contributed by atoms with E-state index in [1.54, 1.807) is 17.0 Å². The van der Waals surface area contributed by atoms with E-state index in [0.717, 1.165) is 12.1 Å². The highest BCUT2D eigenvalue weighted by Gasteiger charge is 2.21. The summed E-state index contributed by atoms with van der Waals surface area (Å²) in [7, 11) is 0. The Labute approximate surface area is 124 Å². The molecule has 0 bridgehead atoms. The molecule has 0 atom stereocenters. The van der Waals surface area contributed by atoms with Gasteiger partial charge in [-0.3, -0.25) is 4.90 Å². The van der Waals surface area contributed by atoms with Gasteiger partial charge in [0, 0.05) is 31.0 Å². The van der Waals surface area contributed by atoms with E-state index in [9.17, 15) is 9.59 Å². The molecule has 1 aromatic carbocycles. The van der Waals surface area contributed by atoms with Gasteiger partial charge in [-0.1, -0.05) is 19.9 Å². The molecule has 1 aliphatic heterocycles. The molecule has 2 rings (SSSR count). The summed E-state index contributed by atoms with van der Waals surface area (Å²) in [6.07, 6.45) is 0.946. The minimum atomic E-state index is -0.223. The standard InChI is InChI=1S/C15H22N4O2/c1-11(2)6-7-16-14(20)18-12-4-3-5-13(10-12)19-9-8-17-15(19)21/h3-5,10-11H,6-9H2,1-2H3,(H,17,21)(H2,16,18,20). The number of anilines is 2. The van der Waals surface area contributed by atoms with Crippen molar-refractivity contribution in [1.82, 2.24) is 10.6 Å². The molecule has 0 unspecified atom stereocenters. The Balaban J connectivity index is 1.91. The van der Waals surface area contributed by atoms with Crippen LogP contribution in [0.5, 0.6) is 0 Å². The van der Waals surface area contributed by atoms with Crippen LogP contribution in [0.3, 0.4) is 0 Å². The minimum Gasteiger partial charge on any atom is -0.338 e. The van der Waals surface area contributed by atoms with Gasteiger partial charge >= 0.3 is 12.1 Å². The Hall–Kier alpha value is -2.24. The molecule has 114 valence electrons. The van der Waals surface area contributed by atoms with Gasteiger partial charge in [0.2, 0.25) is 0 Å². The van der Waals surface area contributed by atoms with Gasteiger partial charge in [-0.05, 0) is 30.5 Å². The molecule has 6 heteroatoms. The molecule has 1 aromatic rings. The largest absolute Gasteiger partial charge is 0.338 e. The zero-order valence-corrected chi connectivity index (χ0v) is 12.5. The number of carbonyl (C=O) groups excluding carboxylic acids is 2. The molecule has 1 aliphatic rings. The van der Waals surface area contributed by atoms with Crippen LogP contribution >= 0.6 is 0 Å². The lowest BCUT2D eigenvalue weighted by Gasteiger charge is -2.15. The zero-order chi connectivity index (χ0) is 15.2. The lowest BCUT2D eigenvalue weighted by Crippen LogP contribution is -2.30. The molecule has 3 N–H and O–H groups in total. The molecular weight excluding hydrogens is 268 g/mol. The fourth-order valence-electron chi connectivity index (χ4n) is 2.12. The zero-order valence-electron chi connectivity index (χ0n) is 12.5. The summed E-state index contributed by atoms with van der Waals surface area (Å²) in [6, 6.07) is 6.95. The number of nitrogens with one attached hydrogen (secondary N) is 3. The molecule has 1 fully saturated rings. The Morgan fingerprint density at radius 2 is 2.24 bits per heavy atom. The second-order valence-electron chi connectivity index (χ2n) is 5.50. The number of carbonyl (C=O) groups is 2. The van der Waals surface area contributed by atoms with E-state index in [0.29, 0.717) is 31.2 Å². The number of rotatable bonds is 5. The third-order valence-electron chi connectivity index (χ3n) is 3.28. The topological polar surface area (TPSA) is 73.5 Å². The van der Waals surface area contributed by atoms with Crippen molar-refractivity contribution < 1.29 is 9.59 Å². The van der Waals surface area contributed by atoms with Crippen LogP contribution in [0.1, 0.15) is 20.3 Å². The molecule has 21 heavy (non-hydrogen) atoms. The fourth-order valence-corrected chi connectivity index (χ4v) is 2.12. The number of hydrogen-bond acceptors (Lipinski definition) is 2. The summed E-state index contributed by atoms with van der Waals surface area (Å²) < 4.78 is 0. The van der Waals surface area contributed by atoms with Gasteiger partial charge < -0.3 is 16.0 Å². The Kier molecular flexibility index (Phi) is 5.03. The quantitative estimate of drug-likeness (QED) is 0.779. The number of nitrogens with zero attached hydrogens (tertiary/aromatic N) is 1. The van der Waals surface area contributed by atoms with Crippen molar-refractivity contribution in [3.8, 4) is 0 Å². The highest BCUT2D eigenvalue weighted by Crippen LogP contribution is 2.20. The van der Waals surface area contributed by atoms with Gasteiger partial charge in [-0.2, -0.15) is 0 Å². The van der Waals surface area contributed by atoms with E-state index in [-0.39, 0.29) is 12.1 Å². The number of hydrogen-bond donors (Lipinski definition) is 3. The molecule has 6 nitrogen and oxygen atoms in total. The first-order valence-corrected chi connectivity index (χ1v) is 7.26. The SMILES string of the molecule is CC(C)CCNC(=O)Nc1cccc(N2CCNC2=O)c1. The van der Waals surface area contributed by atoms with Crippen molar-refractivity contribution in [2.24, 2.45) is 5.92 Å². The van der Waals surface area contributed by atoms with E-state index in [1.165, 1.54) is 0 Å². The van der Waals surface area contributed by atoms with Crippen molar-refractivity contribution in [3.63, 3.8) is 0 Å². The normalized spacial score (nSPS) is 14.2. The van der Waals surface area contributed by atoms with E-state index < -0.39 is 0 Å². The van der Waals surface area contributed by atoms with Crippen LogP contribution < -0.4 is 20.9 Å². The van der Waals surface area contributed by atoms with Crippen LogP contribution in [-0.2, 0) is 0 Å². The molecule has 0 spiro atoms. The summed E-state index contributed by atoms with van der Waals surface area (Å²) in [4.78, 5) is 25.1. The maximum Gasteiger partial charge on any atom is 0.321 e. The van der Waals surface area contributed by atoms with Gasteiger partial charge in [0.15, 0.2) is 0 Å². The highest BCUT2D eigenvalue weighted by molar-refractivity contribution is 5.95. The molecule has 0 aromatic heterocycles. The second kappa shape index (κ2) is 6.97. The third kappa shape index (κ3) is 4.37. The first-order valence-electron chi connectivity index (χ1n) is 7.26. The fraction of sp³-hybridized carbons (Fsp3) is 0.467. The third-order valence-corrected chi connectivity index (χ3v) is 3.28. The Morgan fingerprint density at radius 3 is 2.90 bits per heavy atom. The predicted molar refractivity (Wildman–Crippen MR) is 83.7 cm³/mol. The predicted octanol–water partition coefficient (Wildman–Crippen LogP) is 2.38. The summed E-state index contributed by atoms with van der Waals surface area (Å²) in [5, 5.41) is 8.36. The molecule has 0 radical (unpaired) electrons. The smallest absolute Gasteiger partial charge is 0.321 e. The van der Waals surface area contributed by atoms with Crippen molar-refractivity contribution in [1.29, 1.82) is 0 Å². The lowest BCUT2D eigenvalue weighted by atomic mass is 10.1. The van der Waals surface area contributed by atoms with Crippen LogP contribution in [0.15, 0.2) is 24.3 Å². The molecule has 1 saturated heterocycles. The van der Waals surface area contributed by atoms with E-state index in [2.05, 4.69) is 29.8 Å². The Morgan fingerprint density at radius 1 is 1.43 bits per heavy atom. The Bertz CT molecular complexity index is 516. The van der Waals surface area contributed by atoms with Crippen molar-refractivity contribution in [3.05, 3.63) is 24.3 Å². The highest BCUT2D eigenvalue weighted by atomic mass is 16.2.